The Bertz CT molecular complexity index is 415. The first-order valence-corrected chi connectivity index (χ1v) is 7.01. The maximum atomic E-state index is 14.1. The lowest BCUT2D eigenvalue weighted by Gasteiger charge is -2.31. The van der Waals surface area contributed by atoms with Crippen molar-refractivity contribution < 1.29 is 9.50 Å². The van der Waals surface area contributed by atoms with E-state index in [0.717, 1.165) is 31.5 Å². The molecule has 1 heterocycles. The second-order valence-corrected chi connectivity index (χ2v) is 5.54. The first-order valence-electron chi connectivity index (χ1n) is 7.01. The molecule has 1 aromatic carbocycles. The summed E-state index contributed by atoms with van der Waals surface area (Å²) in [6, 6.07) is 5.82. The second-order valence-electron chi connectivity index (χ2n) is 5.54. The van der Waals surface area contributed by atoms with Crippen molar-refractivity contribution in [2.75, 3.05) is 18.0 Å². The fourth-order valence-corrected chi connectivity index (χ4v) is 2.35. The van der Waals surface area contributed by atoms with Gasteiger partial charge in [0, 0.05) is 25.7 Å². The molecule has 0 atom stereocenters. The van der Waals surface area contributed by atoms with Gasteiger partial charge in [0.05, 0.1) is 11.8 Å². The predicted octanol–water partition coefficient (Wildman–Crippen LogP) is 2.28. The van der Waals surface area contributed by atoms with Crippen LogP contribution in [0.2, 0.25) is 0 Å². The van der Waals surface area contributed by atoms with E-state index in [1.807, 2.05) is 17.0 Å². The van der Waals surface area contributed by atoms with Gasteiger partial charge in [-0.05, 0) is 30.5 Å². The fourth-order valence-electron chi connectivity index (χ4n) is 2.35. The van der Waals surface area contributed by atoms with E-state index in [1.54, 1.807) is 6.07 Å². The predicted molar refractivity (Wildman–Crippen MR) is 75.8 cm³/mol. The summed E-state index contributed by atoms with van der Waals surface area (Å²) in [7, 11) is 0. The zero-order chi connectivity index (χ0) is 13.8. The Balaban J connectivity index is 2.02. The van der Waals surface area contributed by atoms with Crippen LogP contribution in [0.5, 0.6) is 0 Å². The molecule has 4 heteroatoms. The molecular weight excluding hydrogens is 243 g/mol. The van der Waals surface area contributed by atoms with Gasteiger partial charge in [-0.15, -0.1) is 0 Å². The van der Waals surface area contributed by atoms with Crippen molar-refractivity contribution in [3.05, 3.63) is 29.6 Å². The van der Waals surface area contributed by atoms with Gasteiger partial charge in [0.2, 0.25) is 0 Å². The lowest BCUT2D eigenvalue weighted by atomic mass is 10.1. The first-order chi connectivity index (χ1) is 9.06. The molecule has 1 fully saturated rings. The summed E-state index contributed by atoms with van der Waals surface area (Å²) in [6.07, 6.45) is 1.21. The monoisotopic (exact) mass is 266 g/mol. The van der Waals surface area contributed by atoms with Crippen molar-refractivity contribution in [1.29, 1.82) is 0 Å². The lowest BCUT2D eigenvalue weighted by Crippen LogP contribution is -2.36. The SMILES string of the molecule is CC(C)NCc1ccc(N2CCC(O)CC2)c(F)c1. The number of hydrogen-bond acceptors (Lipinski definition) is 3. The van der Waals surface area contributed by atoms with E-state index < -0.39 is 0 Å². The summed E-state index contributed by atoms with van der Waals surface area (Å²) >= 11 is 0. The molecule has 0 radical (unpaired) electrons. The van der Waals surface area contributed by atoms with Crippen LogP contribution in [0.1, 0.15) is 32.3 Å². The first kappa shape index (κ1) is 14.3. The van der Waals surface area contributed by atoms with E-state index in [4.69, 9.17) is 0 Å². The minimum atomic E-state index is -0.228. The highest BCUT2D eigenvalue weighted by atomic mass is 19.1. The Morgan fingerprint density at radius 3 is 2.63 bits per heavy atom. The number of rotatable bonds is 4. The van der Waals surface area contributed by atoms with E-state index in [1.165, 1.54) is 0 Å². The molecule has 0 aromatic heterocycles. The van der Waals surface area contributed by atoms with Gasteiger partial charge in [-0.1, -0.05) is 19.9 Å². The molecule has 1 aromatic rings. The van der Waals surface area contributed by atoms with Crippen LogP contribution in [0.25, 0.3) is 0 Å². The topological polar surface area (TPSA) is 35.5 Å². The minimum absolute atomic E-state index is 0.167. The number of nitrogens with zero attached hydrogens (tertiary/aromatic N) is 1. The largest absolute Gasteiger partial charge is 0.393 e. The van der Waals surface area contributed by atoms with Crippen molar-refractivity contribution in [3.63, 3.8) is 0 Å². The molecule has 1 aliphatic heterocycles. The average Bonchev–Trinajstić information content (AvgIpc) is 2.38. The number of benzene rings is 1. The third kappa shape index (κ3) is 3.91. The van der Waals surface area contributed by atoms with Crippen molar-refractivity contribution in [2.45, 2.75) is 45.4 Å². The summed E-state index contributed by atoms with van der Waals surface area (Å²) in [4.78, 5) is 2.02. The highest BCUT2D eigenvalue weighted by Crippen LogP contribution is 2.24. The highest BCUT2D eigenvalue weighted by Gasteiger charge is 2.19. The normalized spacial score (nSPS) is 17.2. The van der Waals surface area contributed by atoms with Crippen LogP contribution < -0.4 is 10.2 Å². The zero-order valence-electron chi connectivity index (χ0n) is 11.7. The van der Waals surface area contributed by atoms with Crippen LogP contribution in [-0.2, 0) is 6.54 Å². The number of aliphatic hydroxyl groups is 1. The molecule has 0 amide bonds. The van der Waals surface area contributed by atoms with Gasteiger partial charge in [-0.3, -0.25) is 0 Å². The molecule has 0 unspecified atom stereocenters. The molecule has 19 heavy (non-hydrogen) atoms. The van der Waals surface area contributed by atoms with Crippen LogP contribution in [0, 0.1) is 5.82 Å². The molecular formula is C15H23FN2O. The Morgan fingerprint density at radius 2 is 2.05 bits per heavy atom. The Labute approximate surface area is 114 Å². The van der Waals surface area contributed by atoms with E-state index in [-0.39, 0.29) is 11.9 Å². The molecule has 2 rings (SSSR count). The van der Waals surface area contributed by atoms with E-state index in [9.17, 15) is 9.50 Å². The van der Waals surface area contributed by atoms with E-state index in [0.29, 0.717) is 18.3 Å². The van der Waals surface area contributed by atoms with Gasteiger partial charge < -0.3 is 15.3 Å². The number of anilines is 1. The molecule has 0 saturated carbocycles. The van der Waals surface area contributed by atoms with Gasteiger partial charge in [0.1, 0.15) is 5.82 Å². The summed E-state index contributed by atoms with van der Waals surface area (Å²) in [5.41, 5.74) is 1.62. The molecule has 1 aliphatic rings. The molecule has 1 saturated heterocycles. The third-order valence-electron chi connectivity index (χ3n) is 3.53. The summed E-state index contributed by atoms with van der Waals surface area (Å²) in [5, 5.41) is 12.8. The highest BCUT2D eigenvalue weighted by molar-refractivity contribution is 5.49. The molecule has 106 valence electrons. The van der Waals surface area contributed by atoms with Gasteiger partial charge in [0.15, 0.2) is 0 Å². The summed E-state index contributed by atoms with van der Waals surface area (Å²) in [5.74, 6) is -0.167. The van der Waals surface area contributed by atoms with Gasteiger partial charge in [-0.2, -0.15) is 0 Å². The minimum Gasteiger partial charge on any atom is -0.393 e. The molecule has 0 aliphatic carbocycles. The van der Waals surface area contributed by atoms with Crippen molar-refractivity contribution in [1.82, 2.24) is 5.32 Å². The zero-order valence-corrected chi connectivity index (χ0v) is 11.7. The fraction of sp³-hybridized carbons (Fsp3) is 0.600. The van der Waals surface area contributed by atoms with Crippen molar-refractivity contribution >= 4 is 5.69 Å². The Morgan fingerprint density at radius 1 is 1.37 bits per heavy atom. The van der Waals surface area contributed by atoms with Gasteiger partial charge in [-0.25, -0.2) is 4.39 Å². The summed E-state index contributed by atoms with van der Waals surface area (Å²) in [6.45, 7) is 6.28. The Kier molecular flexibility index (Phi) is 4.77. The summed E-state index contributed by atoms with van der Waals surface area (Å²) < 4.78 is 14.1. The second kappa shape index (κ2) is 6.35. The third-order valence-corrected chi connectivity index (χ3v) is 3.53. The number of piperidine rings is 1. The average molecular weight is 266 g/mol. The number of halogens is 1. The molecule has 2 N–H and O–H groups in total. The number of nitrogens with one attached hydrogen (secondary N) is 1. The van der Waals surface area contributed by atoms with Gasteiger partial charge in [0.25, 0.3) is 0 Å². The van der Waals surface area contributed by atoms with Gasteiger partial charge >= 0.3 is 0 Å². The van der Waals surface area contributed by atoms with E-state index in [2.05, 4.69) is 19.2 Å². The smallest absolute Gasteiger partial charge is 0.146 e. The van der Waals surface area contributed by atoms with Crippen LogP contribution in [0.15, 0.2) is 18.2 Å². The standard InChI is InChI=1S/C15H23FN2O/c1-11(2)17-10-12-3-4-15(14(16)9-12)18-7-5-13(19)6-8-18/h3-4,9,11,13,17,19H,5-8,10H2,1-2H3. The van der Waals surface area contributed by atoms with Crippen LogP contribution in [-0.4, -0.2) is 30.3 Å². The Hall–Kier alpha value is -1.13. The quantitative estimate of drug-likeness (QED) is 0.877. The number of hydrogen-bond donors (Lipinski definition) is 2. The molecule has 0 bridgehead atoms. The van der Waals surface area contributed by atoms with Crippen LogP contribution >= 0.6 is 0 Å². The van der Waals surface area contributed by atoms with Crippen LogP contribution in [0.3, 0.4) is 0 Å². The van der Waals surface area contributed by atoms with E-state index >= 15 is 0 Å². The lowest BCUT2D eigenvalue weighted by molar-refractivity contribution is 0.145. The maximum Gasteiger partial charge on any atom is 0.146 e. The number of aliphatic hydroxyl groups excluding tert-OH is 1. The van der Waals surface area contributed by atoms with Crippen molar-refractivity contribution in [2.24, 2.45) is 0 Å². The molecule has 3 nitrogen and oxygen atoms in total. The maximum absolute atomic E-state index is 14.1. The van der Waals surface area contributed by atoms with Crippen LogP contribution in [0.4, 0.5) is 10.1 Å². The molecule has 0 spiro atoms. The van der Waals surface area contributed by atoms with Crippen molar-refractivity contribution in [3.8, 4) is 0 Å².